The molecule has 0 fully saturated rings. The van der Waals surface area contributed by atoms with Gasteiger partial charge in [0.25, 0.3) is 0 Å². The number of nitrogens with zero attached hydrogens (tertiary/aromatic N) is 1. The predicted octanol–water partition coefficient (Wildman–Crippen LogP) is 0.932. The number of fused-ring (bicyclic) bond motifs is 1. The van der Waals surface area contributed by atoms with E-state index < -0.39 is 5.97 Å². The topological polar surface area (TPSA) is 81.0 Å². The van der Waals surface area contributed by atoms with Crippen molar-refractivity contribution in [2.75, 3.05) is 12.8 Å². The second kappa shape index (κ2) is 3.02. The van der Waals surface area contributed by atoms with Crippen LogP contribution in [0.4, 0.5) is 5.82 Å². The number of H-pyrrole nitrogens is 1. The zero-order valence-corrected chi connectivity index (χ0v) is 7.57. The van der Waals surface area contributed by atoms with Gasteiger partial charge < -0.3 is 15.5 Å². The summed E-state index contributed by atoms with van der Waals surface area (Å²) in [6.45, 7) is 0. The number of ether oxygens (including phenoxy) is 1. The molecule has 0 amide bonds. The third-order valence-electron chi connectivity index (χ3n) is 1.91. The number of carbonyl (C=O) groups excluding carboxylic acids is 1. The van der Waals surface area contributed by atoms with Gasteiger partial charge in [0.05, 0.1) is 7.11 Å². The van der Waals surface area contributed by atoms with Gasteiger partial charge in [0.15, 0.2) is 0 Å². The number of aromatic amines is 1. The van der Waals surface area contributed by atoms with Crippen LogP contribution < -0.4 is 5.73 Å². The van der Waals surface area contributed by atoms with Crippen molar-refractivity contribution in [2.45, 2.75) is 0 Å². The molecule has 0 saturated carbocycles. The Morgan fingerprint density at radius 1 is 1.57 bits per heavy atom. The minimum Gasteiger partial charge on any atom is -0.464 e. The zero-order chi connectivity index (χ0) is 10.1. The van der Waals surface area contributed by atoms with Crippen LogP contribution in [0, 0.1) is 0 Å². The van der Waals surface area contributed by atoms with Crippen molar-refractivity contribution in [1.29, 1.82) is 0 Å². The van der Waals surface area contributed by atoms with E-state index in [1.54, 1.807) is 18.2 Å². The van der Waals surface area contributed by atoms with Gasteiger partial charge in [-0.15, -0.1) is 0 Å². The van der Waals surface area contributed by atoms with Crippen molar-refractivity contribution in [3.63, 3.8) is 0 Å². The van der Waals surface area contributed by atoms with Crippen molar-refractivity contribution in [3.8, 4) is 0 Å². The predicted molar refractivity (Wildman–Crippen MR) is 51.8 cm³/mol. The van der Waals surface area contributed by atoms with Gasteiger partial charge in [-0.25, -0.2) is 9.78 Å². The molecule has 0 atom stereocenters. The van der Waals surface area contributed by atoms with Crippen molar-refractivity contribution < 1.29 is 9.53 Å². The van der Waals surface area contributed by atoms with Crippen LogP contribution in [-0.2, 0) is 4.74 Å². The van der Waals surface area contributed by atoms with Gasteiger partial charge in [0, 0.05) is 5.39 Å². The summed E-state index contributed by atoms with van der Waals surface area (Å²) in [5, 5.41) is 0.833. The Labute approximate surface area is 79.9 Å². The minimum absolute atomic E-state index is 0.376. The molecular weight excluding hydrogens is 182 g/mol. The number of anilines is 1. The molecule has 2 rings (SSSR count). The molecule has 14 heavy (non-hydrogen) atoms. The Morgan fingerprint density at radius 3 is 3.07 bits per heavy atom. The van der Waals surface area contributed by atoms with Crippen LogP contribution in [0.3, 0.4) is 0 Å². The van der Waals surface area contributed by atoms with Crippen molar-refractivity contribution in [3.05, 3.63) is 23.9 Å². The summed E-state index contributed by atoms with van der Waals surface area (Å²) < 4.78 is 4.57. The summed E-state index contributed by atoms with van der Waals surface area (Å²) in [6, 6.07) is 5.14. The number of nitrogens with two attached hydrogens (primary N) is 1. The molecule has 5 nitrogen and oxygen atoms in total. The van der Waals surface area contributed by atoms with Gasteiger partial charge in [-0.3, -0.25) is 0 Å². The number of esters is 1. The van der Waals surface area contributed by atoms with Crippen molar-refractivity contribution >= 4 is 22.8 Å². The van der Waals surface area contributed by atoms with Crippen LogP contribution in [0.15, 0.2) is 18.2 Å². The third-order valence-corrected chi connectivity index (χ3v) is 1.91. The summed E-state index contributed by atoms with van der Waals surface area (Å²) in [6.07, 6.45) is 0. The molecule has 0 radical (unpaired) electrons. The maximum atomic E-state index is 11.2. The van der Waals surface area contributed by atoms with E-state index in [4.69, 9.17) is 5.73 Å². The molecule has 2 heterocycles. The Hall–Kier alpha value is -2.04. The van der Waals surface area contributed by atoms with Gasteiger partial charge in [-0.1, -0.05) is 0 Å². The number of carbonyl (C=O) groups is 1. The molecular formula is C9H9N3O2. The zero-order valence-electron chi connectivity index (χ0n) is 7.57. The molecule has 0 unspecified atom stereocenters. The number of nitrogens with one attached hydrogen (secondary N) is 1. The second-order valence-corrected chi connectivity index (χ2v) is 2.85. The smallest absolute Gasteiger partial charge is 0.354 e. The van der Waals surface area contributed by atoms with Crippen LogP contribution in [0.1, 0.15) is 10.5 Å². The molecule has 0 spiro atoms. The average molecular weight is 191 g/mol. The number of methoxy groups -OCH3 is 1. The lowest BCUT2D eigenvalue weighted by molar-refractivity contribution is 0.0595. The maximum Gasteiger partial charge on any atom is 0.354 e. The highest BCUT2D eigenvalue weighted by atomic mass is 16.5. The fourth-order valence-corrected chi connectivity index (χ4v) is 1.24. The summed E-state index contributed by atoms with van der Waals surface area (Å²) in [5.74, 6) is -0.00247. The van der Waals surface area contributed by atoms with E-state index in [1.807, 2.05) is 0 Å². The molecule has 0 aliphatic heterocycles. The number of rotatable bonds is 1. The van der Waals surface area contributed by atoms with Gasteiger partial charge in [0.2, 0.25) is 0 Å². The summed E-state index contributed by atoms with van der Waals surface area (Å²) >= 11 is 0. The van der Waals surface area contributed by atoms with E-state index in [0.29, 0.717) is 17.2 Å². The highest BCUT2D eigenvalue weighted by Crippen LogP contribution is 2.15. The van der Waals surface area contributed by atoms with Crippen LogP contribution >= 0.6 is 0 Å². The van der Waals surface area contributed by atoms with Gasteiger partial charge in [-0.05, 0) is 18.2 Å². The fourth-order valence-electron chi connectivity index (χ4n) is 1.24. The molecule has 72 valence electrons. The minimum atomic E-state index is -0.415. The molecule has 0 bridgehead atoms. The Balaban J connectivity index is 2.56. The first-order valence-electron chi connectivity index (χ1n) is 4.04. The molecule has 2 aromatic heterocycles. The highest BCUT2D eigenvalue weighted by molar-refractivity contribution is 5.93. The first-order valence-corrected chi connectivity index (χ1v) is 4.04. The Bertz CT molecular complexity index is 490. The average Bonchev–Trinajstić information content (AvgIpc) is 2.59. The molecule has 2 aromatic rings. The first kappa shape index (κ1) is 8.55. The van der Waals surface area contributed by atoms with E-state index in [1.165, 1.54) is 7.11 Å². The Kier molecular flexibility index (Phi) is 1.85. The molecule has 5 heteroatoms. The summed E-state index contributed by atoms with van der Waals surface area (Å²) in [7, 11) is 1.33. The van der Waals surface area contributed by atoms with E-state index >= 15 is 0 Å². The molecule has 0 saturated heterocycles. The number of pyridine rings is 1. The van der Waals surface area contributed by atoms with Crippen molar-refractivity contribution in [2.24, 2.45) is 0 Å². The molecule has 3 N–H and O–H groups in total. The summed E-state index contributed by atoms with van der Waals surface area (Å²) in [5.41, 5.74) is 6.46. The van der Waals surface area contributed by atoms with Gasteiger partial charge in [-0.2, -0.15) is 0 Å². The van der Waals surface area contributed by atoms with Crippen LogP contribution in [0.5, 0.6) is 0 Å². The second-order valence-electron chi connectivity index (χ2n) is 2.85. The number of nitrogen functional groups attached to an aromatic ring is 1. The summed E-state index contributed by atoms with van der Waals surface area (Å²) in [4.78, 5) is 18.0. The normalized spacial score (nSPS) is 10.4. The fraction of sp³-hybridized carbons (Fsp3) is 0.111. The monoisotopic (exact) mass is 191 g/mol. The first-order chi connectivity index (χ1) is 6.70. The number of hydrogen-bond acceptors (Lipinski definition) is 4. The van der Waals surface area contributed by atoms with E-state index in [2.05, 4.69) is 14.7 Å². The quantitative estimate of drug-likeness (QED) is 0.657. The number of hydrogen-bond donors (Lipinski definition) is 2. The van der Waals surface area contributed by atoms with E-state index in [9.17, 15) is 4.79 Å². The van der Waals surface area contributed by atoms with E-state index in [0.717, 1.165) is 5.39 Å². The highest BCUT2D eigenvalue weighted by Gasteiger charge is 2.09. The van der Waals surface area contributed by atoms with E-state index in [-0.39, 0.29) is 0 Å². The lowest BCUT2D eigenvalue weighted by Crippen LogP contribution is -2.00. The largest absolute Gasteiger partial charge is 0.464 e. The van der Waals surface area contributed by atoms with Crippen molar-refractivity contribution in [1.82, 2.24) is 9.97 Å². The van der Waals surface area contributed by atoms with Gasteiger partial charge >= 0.3 is 5.97 Å². The third kappa shape index (κ3) is 1.28. The number of aromatic nitrogens is 2. The van der Waals surface area contributed by atoms with Gasteiger partial charge in [0.1, 0.15) is 17.2 Å². The van der Waals surface area contributed by atoms with Crippen LogP contribution in [0.2, 0.25) is 0 Å². The molecule has 0 aliphatic rings. The maximum absolute atomic E-state index is 11.2. The lowest BCUT2D eigenvalue weighted by atomic mass is 10.3. The van der Waals surface area contributed by atoms with Crippen LogP contribution in [0.25, 0.3) is 11.0 Å². The molecule has 0 aromatic carbocycles. The molecule has 0 aliphatic carbocycles. The standard InChI is InChI=1S/C9H9N3O2/c1-14-9(13)6-4-5-2-3-7(10)12-8(5)11-6/h2-4H,1H3,(H3,10,11,12). The van der Waals surface area contributed by atoms with Crippen LogP contribution in [-0.4, -0.2) is 23.0 Å². The SMILES string of the molecule is COC(=O)c1cc2ccc(N)nc2[nH]1. The Morgan fingerprint density at radius 2 is 2.36 bits per heavy atom. The lowest BCUT2D eigenvalue weighted by Gasteiger charge is -1.92.